The quantitative estimate of drug-likeness (QED) is 0.787. The van der Waals surface area contributed by atoms with E-state index in [4.69, 9.17) is 5.11 Å². The van der Waals surface area contributed by atoms with E-state index >= 15 is 0 Å². The fourth-order valence-electron chi connectivity index (χ4n) is 1.94. The Hall–Kier alpha value is 0.130. The van der Waals surface area contributed by atoms with E-state index in [1.807, 2.05) is 23.5 Å². The van der Waals surface area contributed by atoms with Gasteiger partial charge in [-0.05, 0) is 0 Å². The van der Waals surface area contributed by atoms with Crippen LogP contribution in [0.5, 0.6) is 0 Å². The Morgan fingerprint density at radius 3 is 2.71 bits per heavy atom. The smallest absolute Gasteiger partial charge is 0.304 e. The first kappa shape index (κ1) is 10.6. The molecule has 2 rings (SSSR count). The zero-order valence-corrected chi connectivity index (χ0v) is 9.65. The molecule has 2 heterocycles. The average Bonchev–Trinajstić information content (AvgIpc) is 2.04. The standard InChI is InChI=1S/C9H15NO2S2/c11-9(12)3-7-4-13-2-1-10(7)8-5-14-6-8/h7-8H,1-6H2,(H,11,12). The van der Waals surface area contributed by atoms with Crippen LogP contribution >= 0.6 is 23.5 Å². The van der Waals surface area contributed by atoms with E-state index < -0.39 is 5.97 Å². The predicted molar refractivity (Wildman–Crippen MR) is 61.2 cm³/mol. The van der Waals surface area contributed by atoms with Gasteiger partial charge < -0.3 is 5.11 Å². The summed E-state index contributed by atoms with van der Waals surface area (Å²) in [6, 6.07) is 0.933. The fourth-order valence-corrected chi connectivity index (χ4v) is 3.86. The molecule has 1 atom stereocenters. The number of aliphatic carboxylic acids is 1. The second-order valence-electron chi connectivity index (χ2n) is 3.76. The van der Waals surface area contributed by atoms with E-state index in [-0.39, 0.29) is 6.04 Å². The second-order valence-corrected chi connectivity index (χ2v) is 5.98. The van der Waals surface area contributed by atoms with E-state index in [1.54, 1.807) is 0 Å². The van der Waals surface area contributed by atoms with Gasteiger partial charge in [0.2, 0.25) is 0 Å². The molecular formula is C9H15NO2S2. The highest BCUT2D eigenvalue weighted by Crippen LogP contribution is 2.29. The highest BCUT2D eigenvalue weighted by Gasteiger charge is 2.33. The van der Waals surface area contributed by atoms with E-state index in [1.165, 1.54) is 11.5 Å². The van der Waals surface area contributed by atoms with E-state index in [2.05, 4.69) is 4.90 Å². The zero-order chi connectivity index (χ0) is 9.97. The molecule has 2 aliphatic heterocycles. The molecule has 80 valence electrons. The van der Waals surface area contributed by atoms with Gasteiger partial charge in [0.1, 0.15) is 0 Å². The minimum absolute atomic E-state index is 0.275. The monoisotopic (exact) mass is 233 g/mol. The molecule has 2 saturated heterocycles. The molecule has 2 aliphatic rings. The Bertz CT molecular complexity index is 221. The van der Waals surface area contributed by atoms with Gasteiger partial charge in [0.15, 0.2) is 0 Å². The molecule has 1 unspecified atom stereocenters. The number of carboxylic acid groups (broad SMARTS) is 1. The topological polar surface area (TPSA) is 40.5 Å². The largest absolute Gasteiger partial charge is 0.481 e. The van der Waals surface area contributed by atoms with Crippen molar-refractivity contribution in [3.8, 4) is 0 Å². The summed E-state index contributed by atoms with van der Waals surface area (Å²) in [6.45, 7) is 1.08. The molecule has 0 bridgehead atoms. The lowest BCUT2D eigenvalue weighted by Gasteiger charge is -2.44. The highest BCUT2D eigenvalue weighted by molar-refractivity contribution is 8.00. The van der Waals surface area contributed by atoms with Crippen molar-refractivity contribution in [1.29, 1.82) is 0 Å². The minimum atomic E-state index is -0.658. The summed E-state index contributed by atoms with van der Waals surface area (Å²) in [4.78, 5) is 13.1. The number of nitrogens with zero attached hydrogens (tertiary/aromatic N) is 1. The van der Waals surface area contributed by atoms with Crippen molar-refractivity contribution in [2.24, 2.45) is 0 Å². The van der Waals surface area contributed by atoms with Crippen LogP contribution in [0.3, 0.4) is 0 Å². The van der Waals surface area contributed by atoms with E-state index in [0.29, 0.717) is 12.5 Å². The van der Waals surface area contributed by atoms with Crippen LogP contribution in [0.25, 0.3) is 0 Å². The number of hydrogen-bond donors (Lipinski definition) is 1. The molecule has 1 N–H and O–H groups in total. The summed E-state index contributed by atoms with van der Waals surface area (Å²) in [6.07, 6.45) is 0.314. The number of carboxylic acids is 1. The van der Waals surface area contributed by atoms with Crippen LogP contribution in [-0.2, 0) is 4.79 Å². The Labute approximate surface area is 92.6 Å². The van der Waals surface area contributed by atoms with Crippen molar-refractivity contribution in [3.63, 3.8) is 0 Å². The van der Waals surface area contributed by atoms with Gasteiger partial charge in [-0.15, -0.1) is 0 Å². The first-order valence-electron chi connectivity index (χ1n) is 4.90. The highest BCUT2D eigenvalue weighted by atomic mass is 32.2. The lowest BCUT2D eigenvalue weighted by molar-refractivity contribution is -0.138. The van der Waals surface area contributed by atoms with Crippen molar-refractivity contribution >= 4 is 29.5 Å². The SMILES string of the molecule is O=C(O)CC1CSCCN1C1CSC1. The normalized spacial score (nSPS) is 29.9. The van der Waals surface area contributed by atoms with Gasteiger partial charge in [-0.1, -0.05) is 0 Å². The molecule has 0 aromatic carbocycles. The average molecular weight is 233 g/mol. The minimum Gasteiger partial charge on any atom is -0.481 e. The summed E-state index contributed by atoms with van der Waals surface area (Å²) in [5, 5.41) is 8.81. The van der Waals surface area contributed by atoms with Crippen molar-refractivity contribution in [2.75, 3.05) is 29.6 Å². The summed E-state index contributed by atoms with van der Waals surface area (Å²) >= 11 is 3.85. The first-order valence-corrected chi connectivity index (χ1v) is 7.21. The maximum absolute atomic E-state index is 10.7. The van der Waals surface area contributed by atoms with Gasteiger partial charge in [0.25, 0.3) is 0 Å². The number of hydrogen-bond acceptors (Lipinski definition) is 4. The maximum atomic E-state index is 10.7. The Balaban J connectivity index is 1.92. The van der Waals surface area contributed by atoms with E-state index in [0.717, 1.165) is 18.1 Å². The van der Waals surface area contributed by atoms with Crippen LogP contribution in [0.2, 0.25) is 0 Å². The molecular weight excluding hydrogens is 218 g/mol. The van der Waals surface area contributed by atoms with Gasteiger partial charge in [-0.25, -0.2) is 0 Å². The molecule has 14 heavy (non-hydrogen) atoms. The van der Waals surface area contributed by atoms with Crippen molar-refractivity contribution in [3.05, 3.63) is 0 Å². The molecule has 5 heteroatoms. The summed E-state index contributed by atoms with van der Waals surface area (Å²) < 4.78 is 0. The van der Waals surface area contributed by atoms with Crippen LogP contribution < -0.4 is 0 Å². The van der Waals surface area contributed by atoms with Crippen LogP contribution in [0.4, 0.5) is 0 Å². The lowest BCUT2D eigenvalue weighted by Crippen LogP contribution is -2.54. The summed E-state index contributed by atoms with van der Waals surface area (Å²) in [5.41, 5.74) is 0. The van der Waals surface area contributed by atoms with Crippen LogP contribution in [0, 0.1) is 0 Å². The van der Waals surface area contributed by atoms with Crippen LogP contribution in [0.15, 0.2) is 0 Å². The van der Waals surface area contributed by atoms with Crippen molar-refractivity contribution in [1.82, 2.24) is 4.90 Å². The zero-order valence-electron chi connectivity index (χ0n) is 8.02. The lowest BCUT2D eigenvalue weighted by atomic mass is 10.1. The number of carbonyl (C=O) groups is 1. The third-order valence-corrected chi connectivity index (χ3v) is 5.11. The molecule has 0 aliphatic carbocycles. The molecule has 0 aromatic rings. The van der Waals surface area contributed by atoms with E-state index in [9.17, 15) is 4.79 Å². The molecule has 0 spiro atoms. The summed E-state index contributed by atoms with van der Waals surface area (Å²) in [7, 11) is 0. The van der Waals surface area contributed by atoms with Gasteiger partial charge in [-0.3, -0.25) is 9.69 Å². The third-order valence-electron chi connectivity index (χ3n) is 2.77. The number of thioether (sulfide) groups is 2. The van der Waals surface area contributed by atoms with Crippen molar-refractivity contribution in [2.45, 2.75) is 18.5 Å². The predicted octanol–water partition coefficient (Wildman–Crippen LogP) is 0.994. The van der Waals surface area contributed by atoms with Crippen LogP contribution in [0.1, 0.15) is 6.42 Å². The molecule has 0 aromatic heterocycles. The fraction of sp³-hybridized carbons (Fsp3) is 0.889. The first-order chi connectivity index (χ1) is 6.77. The Morgan fingerprint density at radius 2 is 2.14 bits per heavy atom. The molecule has 0 amide bonds. The van der Waals surface area contributed by atoms with Gasteiger partial charge >= 0.3 is 5.97 Å². The van der Waals surface area contributed by atoms with Gasteiger partial charge in [0, 0.05) is 41.6 Å². The number of rotatable bonds is 3. The molecule has 0 saturated carbocycles. The molecule has 3 nitrogen and oxygen atoms in total. The Kier molecular flexibility index (Phi) is 3.62. The summed E-state index contributed by atoms with van der Waals surface area (Å²) in [5.74, 6) is 3.89. The Morgan fingerprint density at radius 1 is 1.36 bits per heavy atom. The van der Waals surface area contributed by atoms with Crippen molar-refractivity contribution < 1.29 is 9.90 Å². The third kappa shape index (κ3) is 2.38. The molecule has 2 fully saturated rings. The van der Waals surface area contributed by atoms with Gasteiger partial charge in [0.05, 0.1) is 6.42 Å². The molecule has 0 radical (unpaired) electrons. The maximum Gasteiger partial charge on any atom is 0.304 e. The van der Waals surface area contributed by atoms with Gasteiger partial charge in [-0.2, -0.15) is 23.5 Å². The van der Waals surface area contributed by atoms with Crippen LogP contribution in [-0.4, -0.2) is 57.6 Å². The second kappa shape index (κ2) is 4.77.